The lowest BCUT2D eigenvalue weighted by atomic mass is 10.1. The number of anilines is 3. The van der Waals surface area contributed by atoms with Crippen molar-refractivity contribution in [3.63, 3.8) is 0 Å². The van der Waals surface area contributed by atoms with Gasteiger partial charge in [0.15, 0.2) is 0 Å². The van der Waals surface area contributed by atoms with E-state index < -0.39 is 0 Å². The number of carbonyl (C=O) groups excluding carboxylic acids is 1. The molecular formula is C22H19N5O. The van der Waals surface area contributed by atoms with Crippen LogP contribution < -0.4 is 10.6 Å². The highest BCUT2D eigenvalue weighted by atomic mass is 16.1. The molecule has 0 unspecified atom stereocenters. The number of hydrogen-bond acceptors (Lipinski definition) is 5. The Balaban J connectivity index is 1.53. The standard InChI is InChI=1S/C22H19N5O/c1-14-6-3-7-15(2)19(14)27-22-24-12-17(13-25-22)21(28)26-18-10-4-8-16-9-5-11-23-20(16)18/h3-13H,1-2H3,(H,26,28)(H,24,25,27). The number of fused-ring (bicyclic) bond motifs is 1. The Labute approximate surface area is 162 Å². The van der Waals surface area contributed by atoms with Crippen molar-refractivity contribution >= 4 is 34.1 Å². The number of aryl methyl sites for hydroxylation is 2. The molecule has 6 nitrogen and oxygen atoms in total. The maximum Gasteiger partial charge on any atom is 0.258 e. The van der Waals surface area contributed by atoms with Crippen LogP contribution in [0.5, 0.6) is 0 Å². The summed E-state index contributed by atoms with van der Waals surface area (Å²) in [5, 5.41) is 7.07. The summed E-state index contributed by atoms with van der Waals surface area (Å²) in [4.78, 5) is 25.5. The molecule has 138 valence electrons. The molecule has 1 amide bonds. The second kappa shape index (κ2) is 7.44. The molecule has 6 heteroatoms. The Hall–Kier alpha value is -3.80. The van der Waals surface area contributed by atoms with Gasteiger partial charge in [-0.1, -0.05) is 36.4 Å². The van der Waals surface area contributed by atoms with Gasteiger partial charge in [0.05, 0.1) is 16.8 Å². The first-order valence-corrected chi connectivity index (χ1v) is 8.92. The second-order valence-corrected chi connectivity index (χ2v) is 6.52. The number of nitrogens with one attached hydrogen (secondary N) is 2. The Morgan fingerprint density at radius 1 is 0.857 bits per heavy atom. The minimum absolute atomic E-state index is 0.281. The molecule has 0 aliphatic rings. The van der Waals surface area contributed by atoms with Gasteiger partial charge in [-0.05, 0) is 37.1 Å². The summed E-state index contributed by atoms with van der Waals surface area (Å²) >= 11 is 0. The lowest BCUT2D eigenvalue weighted by Crippen LogP contribution is -2.13. The summed E-state index contributed by atoms with van der Waals surface area (Å²) in [5.41, 5.74) is 4.96. The molecule has 0 aliphatic carbocycles. The molecule has 28 heavy (non-hydrogen) atoms. The second-order valence-electron chi connectivity index (χ2n) is 6.52. The third-order valence-corrected chi connectivity index (χ3v) is 4.51. The van der Waals surface area contributed by atoms with Gasteiger partial charge in [0.25, 0.3) is 5.91 Å². The molecule has 4 rings (SSSR count). The van der Waals surface area contributed by atoms with Gasteiger partial charge in [-0.25, -0.2) is 9.97 Å². The normalized spacial score (nSPS) is 10.6. The molecule has 0 bridgehead atoms. The summed E-state index contributed by atoms with van der Waals surface area (Å²) in [5.74, 6) is 0.164. The summed E-state index contributed by atoms with van der Waals surface area (Å²) < 4.78 is 0. The van der Waals surface area contributed by atoms with Gasteiger partial charge in [0.2, 0.25) is 5.95 Å². The quantitative estimate of drug-likeness (QED) is 0.548. The molecule has 0 saturated carbocycles. The summed E-state index contributed by atoms with van der Waals surface area (Å²) in [7, 11) is 0. The summed E-state index contributed by atoms with van der Waals surface area (Å²) in [6, 6.07) is 15.5. The first kappa shape index (κ1) is 17.6. The van der Waals surface area contributed by atoms with Gasteiger partial charge in [0.1, 0.15) is 0 Å². The van der Waals surface area contributed by atoms with Crippen molar-refractivity contribution in [1.29, 1.82) is 0 Å². The Bertz CT molecular complexity index is 1130. The van der Waals surface area contributed by atoms with E-state index in [0.29, 0.717) is 17.2 Å². The molecule has 2 heterocycles. The van der Waals surface area contributed by atoms with Crippen LogP contribution in [-0.2, 0) is 0 Å². The van der Waals surface area contributed by atoms with Crippen molar-refractivity contribution in [2.45, 2.75) is 13.8 Å². The zero-order valence-corrected chi connectivity index (χ0v) is 15.6. The number of para-hydroxylation sites is 2. The summed E-state index contributed by atoms with van der Waals surface area (Å²) in [6.45, 7) is 4.05. The van der Waals surface area contributed by atoms with Crippen LogP contribution in [0.2, 0.25) is 0 Å². The average molecular weight is 369 g/mol. The molecule has 0 fully saturated rings. The van der Waals surface area contributed by atoms with Crippen molar-refractivity contribution < 1.29 is 4.79 Å². The monoisotopic (exact) mass is 369 g/mol. The number of benzene rings is 2. The van der Waals surface area contributed by atoms with Crippen LogP contribution in [0.25, 0.3) is 10.9 Å². The van der Waals surface area contributed by atoms with Crippen LogP contribution in [-0.4, -0.2) is 20.9 Å². The molecule has 4 aromatic rings. The van der Waals surface area contributed by atoms with Gasteiger partial charge in [-0.3, -0.25) is 9.78 Å². The average Bonchev–Trinajstić information content (AvgIpc) is 2.71. The fourth-order valence-corrected chi connectivity index (χ4v) is 3.03. The van der Waals surface area contributed by atoms with Gasteiger partial charge in [0, 0.05) is 29.7 Å². The van der Waals surface area contributed by atoms with Crippen molar-refractivity contribution in [2.75, 3.05) is 10.6 Å². The number of aromatic nitrogens is 3. The van der Waals surface area contributed by atoms with Crippen LogP contribution in [0.4, 0.5) is 17.3 Å². The first-order valence-electron chi connectivity index (χ1n) is 8.92. The molecule has 0 aliphatic heterocycles. The van der Waals surface area contributed by atoms with Crippen molar-refractivity contribution in [3.05, 3.63) is 83.8 Å². The number of pyridine rings is 1. The largest absolute Gasteiger partial charge is 0.324 e. The van der Waals surface area contributed by atoms with Gasteiger partial charge >= 0.3 is 0 Å². The van der Waals surface area contributed by atoms with E-state index in [9.17, 15) is 4.79 Å². The number of rotatable bonds is 4. The molecule has 2 aromatic carbocycles. The van der Waals surface area contributed by atoms with Crippen molar-refractivity contribution in [2.24, 2.45) is 0 Å². The van der Waals surface area contributed by atoms with E-state index in [0.717, 1.165) is 27.7 Å². The van der Waals surface area contributed by atoms with E-state index in [-0.39, 0.29) is 5.91 Å². The minimum atomic E-state index is -0.281. The molecule has 2 aromatic heterocycles. The van der Waals surface area contributed by atoms with Crippen LogP contribution in [0.15, 0.2) is 67.1 Å². The lowest BCUT2D eigenvalue weighted by molar-refractivity contribution is 0.102. The topological polar surface area (TPSA) is 79.8 Å². The lowest BCUT2D eigenvalue weighted by Gasteiger charge is -2.11. The predicted molar refractivity (Wildman–Crippen MR) is 111 cm³/mol. The van der Waals surface area contributed by atoms with Gasteiger partial charge in [-0.15, -0.1) is 0 Å². The fourth-order valence-electron chi connectivity index (χ4n) is 3.03. The van der Waals surface area contributed by atoms with E-state index in [1.807, 2.05) is 62.4 Å². The van der Waals surface area contributed by atoms with Crippen molar-refractivity contribution in [3.8, 4) is 0 Å². The van der Waals surface area contributed by atoms with E-state index in [2.05, 4.69) is 25.6 Å². The Morgan fingerprint density at radius 3 is 2.29 bits per heavy atom. The van der Waals surface area contributed by atoms with E-state index >= 15 is 0 Å². The van der Waals surface area contributed by atoms with E-state index in [1.165, 1.54) is 12.4 Å². The van der Waals surface area contributed by atoms with E-state index in [1.54, 1.807) is 6.20 Å². The highest BCUT2D eigenvalue weighted by molar-refractivity contribution is 6.08. The van der Waals surface area contributed by atoms with Crippen LogP contribution in [0.3, 0.4) is 0 Å². The zero-order chi connectivity index (χ0) is 19.5. The number of amides is 1. The molecular weight excluding hydrogens is 350 g/mol. The maximum atomic E-state index is 12.6. The third kappa shape index (κ3) is 3.53. The van der Waals surface area contributed by atoms with Crippen LogP contribution >= 0.6 is 0 Å². The zero-order valence-electron chi connectivity index (χ0n) is 15.6. The highest BCUT2D eigenvalue weighted by Gasteiger charge is 2.11. The van der Waals surface area contributed by atoms with Crippen molar-refractivity contribution in [1.82, 2.24) is 15.0 Å². The van der Waals surface area contributed by atoms with Crippen LogP contribution in [0.1, 0.15) is 21.5 Å². The summed E-state index contributed by atoms with van der Waals surface area (Å²) in [6.07, 6.45) is 4.72. The molecule has 0 spiro atoms. The fraction of sp³-hybridized carbons (Fsp3) is 0.0909. The number of nitrogens with zero attached hydrogens (tertiary/aromatic N) is 3. The van der Waals surface area contributed by atoms with Crippen LogP contribution in [0, 0.1) is 13.8 Å². The SMILES string of the molecule is Cc1cccc(C)c1Nc1ncc(C(=O)Nc2cccc3cccnc23)cn1. The Kier molecular flexibility index (Phi) is 4.68. The smallest absolute Gasteiger partial charge is 0.258 e. The molecule has 2 N–H and O–H groups in total. The third-order valence-electron chi connectivity index (χ3n) is 4.51. The first-order chi connectivity index (χ1) is 13.6. The predicted octanol–water partition coefficient (Wildman–Crippen LogP) is 4.64. The van der Waals surface area contributed by atoms with Gasteiger partial charge in [-0.2, -0.15) is 0 Å². The maximum absolute atomic E-state index is 12.6. The molecule has 0 radical (unpaired) electrons. The Morgan fingerprint density at radius 2 is 1.54 bits per heavy atom. The molecule has 0 atom stereocenters. The number of carbonyl (C=O) groups is 1. The highest BCUT2D eigenvalue weighted by Crippen LogP contribution is 2.23. The van der Waals surface area contributed by atoms with Gasteiger partial charge < -0.3 is 10.6 Å². The molecule has 0 saturated heterocycles. The van der Waals surface area contributed by atoms with E-state index in [4.69, 9.17) is 0 Å². The minimum Gasteiger partial charge on any atom is -0.324 e. The number of hydrogen-bond donors (Lipinski definition) is 2.